The van der Waals surface area contributed by atoms with Crippen LogP contribution in [0.25, 0.3) is 0 Å². The molecule has 4 rings (SSSR count). The maximum absolute atomic E-state index is 13.0. The quantitative estimate of drug-likeness (QED) is 0.558. The van der Waals surface area contributed by atoms with Crippen molar-refractivity contribution in [3.63, 3.8) is 0 Å². The molecule has 30 heavy (non-hydrogen) atoms. The Morgan fingerprint density at radius 2 is 2.17 bits per heavy atom. The number of aryl methyl sites for hydroxylation is 1. The number of hydrogen-bond donors (Lipinski definition) is 3. The Morgan fingerprint density at radius 3 is 2.97 bits per heavy atom. The second-order valence-corrected chi connectivity index (χ2v) is 8.58. The maximum Gasteiger partial charge on any atom is 0.251 e. The molecule has 2 aliphatic rings. The van der Waals surface area contributed by atoms with E-state index >= 15 is 0 Å². The molecule has 160 valence electrons. The van der Waals surface area contributed by atoms with Crippen LogP contribution in [-0.2, 0) is 27.3 Å². The molecule has 1 aliphatic heterocycles. The van der Waals surface area contributed by atoms with Crippen LogP contribution in [0.2, 0.25) is 0 Å². The fourth-order valence-electron chi connectivity index (χ4n) is 4.06. The van der Waals surface area contributed by atoms with Gasteiger partial charge in [-0.25, -0.2) is 9.67 Å². The van der Waals surface area contributed by atoms with E-state index in [0.29, 0.717) is 13.0 Å². The van der Waals surface area contributed by atoms with Crippen molar-refractivity contribution >= 4 is 27.7 Å². The summed E-state index contributed by atoms with van der Waals surface area (Å²) in [4.78, 5) is 29.2. The summed E-state index contributed by atoms with van der Waals surface area (Å²) in [6, 6.07) is 5.36. The fourth-order valence-corrected chi connectivity index (χ4v) is 4.47. The van der Waals surface area contributed by atoms with Crippen LogP contribution in [0.3, 0.4) is 0 Å². The van der Waals surface area contributed by atoms with E-state index in [-0.39, 0.29) is 31.0 Å². The number of ether oxygens (including phenoxy) is 1. The van der Waals surface area contributed by atoms with E-state index in [4.69, 9.17) is 4.74 Å². The van der Waals surface area contributed by atoms with Crippen molar-refractivity contribution in [3.05, 3.63) is 46.5 Å². The Morgan fingerprint density at radius 1 is 1.30 bits per heavy atom. The number of fused-ring (bicyclic) bond motifs is 1. The molecule has 1 aliphatic carbocycles. The van der Waals surface area contributed by atoms with Gasteiger partial charge >= 0.3 is 0 Å². The first-order valence-corrected chi connectivity index (χ1v) is 10.8. The van der Waals surface area contributed by atoms with Crippen molar-refractivity contribution < 1.29 is 19.4 Å². The van der Waals surface area contributed by atoms with Crippen LogP contribution in [0, 0.1) is 0 Å². The van der Waals surface area contributed by atoms with Gasteiger partial charge in [-0.05, 0) is 42.5 Å². The fraction of sp³-hybridized carbons (Fsp3) is 0.500. The van der Waals surface area contributed by atoms with E-state index < -0.39 is 18.1 Å². The van der Waals surface area contributed by atoms with Crippen molar-refractivity contribution in [3.8, 4) is 0 Å². The molecule has 1 aromatic carbocycles. The summed E-state index contributed by atoms with van der Waals surface area (Å²) >= 11 is 3.48. The highest BCUT2D eigenvalue weighted by Gasteiger charge is 2.34. The molecule has 2 heterocycles. The largest absolute Gasteiger partial charge is 0.381 e. The Hall–Kier alpha value is -2.30. The minimum atomic E-state index is -1.27. The number of nitrogens with one attached hydrogen (secondary N) is 2. The molecule has 0 bridgehead atoms. The van der Waals surface area contributed by atoms with E-state index in [1.807, 2.05) is 12.1 Å². The van der Waals surface area contributed by atoms with Crippen LogP contribution in [0.5, 0.6) is 0 Å². The van der Waals surface area contributed by atoms with Gasteiger partial charge in [0.1, 0.15) is 12.7 Å². The molecule has 1 aromatic heterocycles. The second-order valence-electron chi connectivity index (χ2n) is 7.66. The number of rotatable bonds is 6. The maximum atomic E-state index is 13.0. The van der Waals surface area contributed by atoms with Gasteiger partial charge in [-0.15, -0.1) is 0 Å². The molecule has 0 radical (unpaired) electrons. The minimum Gasteiger partial charge on any atom is -0.381 e. The van der Waals surface area contributed by atoms with E-state index in [2.05, 4.69) is 42.7 Å². The number of aliphatic hydroxyl groups excluding tert-OH is 1. The van der Waals surface area contributed by atoms with Crippen molar-refractivity contribution in [2.24, 2.45) is 0 Å². The Kier molecular flexibility index (Phi) is 6.45. The number of aliphatic hydroxyl groups is 1. The van der Waals surface area contributed by atoms with Crippen LogP contribution in [0.1, 0.15) is 29.9 Å². The number of benzene rings is 1. The summed E-state index contributed by atoms with van der Waals surface area (Å²) < 4.78 is 7.89. The highest BCUT2D eigenvalue weighted by atomic mass is 79.9. The van der Waals surface area contributed by atoms with E-state index in [1.54, 1.807) is 0 Å². The van der Waals surface area contributed by atoms with Gasteiger partial charge in [0.25, 0.3) is 5.91 Å². The van der Waals surface area contributed by atoms with Crippen LogP contribution < -0.4 is 10.6 Å². The van der Waals surface area contributed by atoms with Gasteiger partial charge in [0.2, 0.25) is 5.91 Å². The normalized spacial score (nSPS) is 24.1. The number of carbonyl (C=O) groups is 2. The Labute approximate surface area is 182 Å². The lowest BCUT2D eigenvalue weighted by Crippen LogP contribution is -2.58. The van der Waals surface area contributed by atoms with E-state index in [1.165, 1.54) is 22.9 Å². The molecule has 10 heteroatoms. The molecule has 1 saturated heterocycles. The summed E-state index contributed by atoms with van der Waals surface area (Å²) in [5.74, 6) is -0.758. The molecular weight excluding hydrogens is 454 g/mol. The van der Waals surface area contributed by atoms with Gasteiger partial charge in [-0.3, -0.25) is 9.59 Å². The van der Waals surface area contributed by atoms with E-state index in [9.17, 15) is 14.7 Å². The monoisotopic (exact) mass is 477 g/mol. The number of aromatic nitrogens is 3. The molecule has 0 saturated carbocycles. The SMILES string of the molecule is O=C(N[C@@H]1COCC[C@@H]1NC(=O)C1CCc2cc(Br)ccc21)C(O)Cn1cncn1. The topological polar surface area (TPSA) is 118 Å². The van der Waals surface area contributed by atoms with Crippen LogP contribution in [0.4, 0.5) is 0 Å². The zero-order chi connectivity index (χ0) is 21.1. The smallest absolute Gasteiger partial charge is 0.251 e. The first kappa shape index (κ1) is 21.0. The third-order valence-electron chi connectivity index (χ3n) is 5.64. The third kappa shape index (κ3) is 4.71. The van der Waals surface area contributed by atoms with Crippen molar-refractivity contribution in [1.29, 1.82) is 0 Å². The molecule has 9 nitrogen and oxygen atoms in total. The molecule has 1 fully saturated rings. The summed E-state index contributed by atoms with van der Waals surface area (Å²) in [5, 5.41) is 20.0. The minimum absolute atomic E-state index is 0.00482. The van der Waals surface area contributed by atoms with E-state index in [0.717, 1.165) is 22.9 Å². The van der Waals surface area contributed by atoms with Gasteiger partial charge in [0, 0.05) is 11.1 Å². The summed E-state index contributed by atoms with van der Waals surface area (Å²) in [5.41, 5.74) is 2.25. The molecule has 2 amide bonds. The van der Waals surface area contributed by atoms with Gasteiger partial charge < -0.3 is 20.5 Å². The predicted molar refractivity (Wildman–Crippen MR) is 111 cm³/mol. The van der Waals surface area contributed by atoms with Gasteiger partial charge in [0.15, 0.2) is 6.10 Å². The lowest BCUT2D eigenvalue weighted by Gasteiger charge is -2.34. The van der Waals surface area contributed by atoms with Gasteiger partial charge in [-0.2, -0.15) is 5.10 Å². The van der Waals surface area contributed by atoms with Crippen LogP contribution in [0.15, 0.2) is 35.3 Å². The molecule has 2 aromatic rings. The average Bonchev–Trinajstić information content (AvgIpc) is 3.38. The van der Waals surface area contributed by atoms with Crippen LogP contribution >= 0.6 is 15.9 Å². The van der Waals surface area contributed by atoms with Crippen molar-refractivity contribution in [2.75, 3.05) is 13.2 Å². The zero-order valence-corrected chi connectivity index (χ0v) is 17.9. The Bertz CT molecular complexity index is 907. The number of halogens is 1. The lowest BCUT2D eigenvalue weighted by atomic mass is 9.97. The van der Waals surface area contributed by atoms with Crippen molar-refractivity contribution in [1.82, 2.24) is 25.4 Å². The zero-order valence-electron chi connectivity index (χ0n) is 16.3. The first-order valence-electron chi connectivity index (χ1n) is 9.98. The van der Waals surface area contributed by atoms with Gasteiger partial charge in [-0.1, -0.05) is 22.0 Å². The molecule has 4 atom stereocenters. The Balaban J connectivity index is 1.37. The predicted octanol–water partition coefficient (Wildman–Crippen LogP) is 0.521. The molecule has 3 N–H and O–H groups in total. The molecule has 2 unspecified atom stereocenters. The van der Waals surface area contributed by atoms with Crippen molar-refractivity contribution in [2.45, 2.75) is 49.9 Å². The van der Waals surface area contributed by atoms with Gasteiger partial charge in [0.05, 0.1) is 31.2 Å². The highest BCUT2D eigenvalue weighted by molar-refractivity contribution is 9.10. The van der Waals surface area contributed by atoms with Crippen LogP contribution in [-0.4, -0.2) is 63.1 Å². The number of amides is 2. The number of carbonyl (C=O) groups excluding carboxylic acids is 2. The average molecular weight is 478 g/mol. The first-order chi connectivity index (χ1) is 14.5. The third-order valence-corrected chi connectivity index (χ3v) is 6.13. The number of hydrogen-bond acceptors (Lipinski definition) is 6. The summed E-state index contributed by atoms with van der Waals surface area (Å²) in [7, 11) is 0. The summed E-state index contributed by atoms with van der Waals surface area (Å²) in [6.07, 6.45) is 3.73. The lowest BCUT2D eigenvalue weighted by molar-refractivity contribution is -0.133. The number of nitrogens with zero attached hydrogens (tertiary/aromatic N) is 3. The standard InChI is InChI=1S/C20H24BrN5O4/c21-13-2-4-14-12(7-13)1-3-15(14)19(28)24-16-5-6-30-9-17(16)25-20(29)18(27)8-26-11-22-10-23-26/h2,4,7,10-11,15-18,27H,1,3,5-6,8-9H2,(H,24,28)(H,25,29)/t15?,16-,17+,18?/m0/s1. The summed E-state index contributed by atoms with van der Waals surface area (Å²) in [6.45, 7) is 0.790. The second kappa shape index (κ2) is 9.23. The molecule has 0 spiro atoms. The highest BCUT2D eigenvalue weighted by Crippen LogP contribution is 2.35. The molecular formula is C20H24BrN5O4.